The molecule has 6 heteroatoms. The van der Waals surface area contributed by atoms with Gasteiger partial charge in [0.1, 0.15) is 17.4 Å². The molecule has 112 valence electrons. The van der Waals surface area contributed by atoms with E-state index in [0.717, 1.165) is 16.5 Å². The number of H-pyrrole nitrogens is 1. The molecule has 2 aromatic heterocycles. The number of rotatable bonds is 2. The summed E-state index contributed by atoms with van der Waals surface area (Å²) < 4.78 is 1.21. The number of halogens is 1. The molecule has 0 fully saturated rings. The number of para-hydroxylation sites is 1. The Kier molecular flexibility index (Phi) is 3.20. The zero-order chi connectivity index (χ0) is 15.8. The number of fused-ring (bicyclic) bond motifs is 3. The SMILES string of the molecule is O=c1c2[nH]c3ccccc3c2ncn1/N=C/c1ccc(Cl)cc1. The number of nitrogens with zero attached hydrogens (tertiary/aromatic N) is 3. The fourth-order valence-corrected chi connectivity index (χ4v) is 2.58. The summed E-state index contributed by atoms with van der Waals surface area (Å²) in [5.41, 5.74) is 2.59. The van der Waals surface area contributed by atoms with Crippen LogP contribution in [0, 0.1) is 0 Å². The van der Waals surface area contributed by atoms with E-state index in [0.29, 0.717) is 16.1 Å². The molecule has 2 heterocycles. The van der Waals surface area contributed by atoms with Gasteiger partial charge in [-0.05, 0) is 23.8 Å². The summed E-state index contributed by atoms with van der Waals surface area (Å²) in [6, 6.07) is 14.9. The maximum absolute atomic E-state index is 12.5. The van der Waals surface area contributed by atoms with Crippen LogP contribution in [0.4, 0.5) is 0 Å². The molecule has 0 unspecified atom stereocenters. The Balaban J connectivity index is 1.82. The van der Waals surface area contributed by atoms with Crippen molar-refractivity contribution in [3.8, 4) is 0 Å². The topological polar surface area (TPSA) is 63.0 Å². The summed E-state index contributed by atoms with van der Waals surface area (Å²) >= 11 is 5.84. The van der Waals surface area contributed by atoms with Crippen molar-refractivity contribution in [2.45, 2.75) is 0 Å². The highest BCUT2D eigenvalue weighted by Crippen LogP contribution is 2.20. The van der Waals surface area contributed by atoms with Crippen LogP contribution in [0.25, 0.3) is 21.9 Å². The third kappa shape index (κ3) is 2.41. The largest absolute Gasteiger partial charge is 0.349 e. The number of hydrogen-bond acceptors (Lipinski definition) is 3. The highest BCUT2D eigenvalue weighted by molar-refractivity contribution is 6.30. The quantitative estimate of drug-likeness (QED) is 0.575. The third-order valence-electron chi connectivity index (χ3n) is 3.60. The predicted octanol–water partition coefficient (Wildman–Crippen LogP) is 3.41. The molecule has 0 saturated heterocycles. The Labute approximate surface area is 135 Å². The number of benzene rings is 2. The van der Waals surface area contributed by atoms with Gasteiger partial charge in [-0.25, -0.2) is 4.98 Å². The van der Waals surface area contributed by atoms with Gasteiger partial charge in [-0.15, -0.1) is 0 Å². The van der Waals surface area contributed by atoms with Crippen molar-refractivity contribution in [1.82, 2.24) is 14.6 Å². The van der Waals surface area contributed by atoms with Crippen LogP contribution in [0.3, 0.4) is 0 Å². The fraction of sp³-hybridized carbons (Fsp3) is 0. The fourth-order valence-electron chi connectivity index (χ4n) is 2.46. The molecule has 0 aliphatic rings. The van der Waals surface area contributed by atoms with E-state index >= 15 is 0 Å². The third-order valence-corrected chi connectivity index (χ3v) is 3.85. The maximum Gasteiger partial charge on any atom is 0.298 e. The first-order chi connectivity index (χ1) is 11.2. The number of aromatic nitrogens is 3. The van der Waals surface area contributed by atoms with E-state index in [2.05, 4.69) is 15.1 Å². The van der Waals surface area contributed by atoms with Crippen molar-refractivity contribution in [2.24, 2.45) is 5.10 Å². The first-order valence-corrected chi connectivity index (χ1v) is 7.38. The van der Waals surface area contributed by atoms with Crippen molar-refractivity contribution < 1.29 is 0 Å². The van der Waals surface area contributed by atoms with Gasteiger partial charge in [0, 0.05) is 15.9 Å². The van der Waals surface area contributed by atoms with E-state index in [1.165, 1.54) is 11.0 Å². The molecule has 0 atom stereocenters. The number of aromatic amines is 1. The Morgan fingerprint density at radius 1 is 1.13 bits per heavy atom. The molecule has 2 aromatic carbocycles. The lowest BCUT2D eigenvalue weighted by Crippen LogP contribution is -2.17. The molecule has 5 nitrogen and oxygen atoms in total. The highest BCUT2D eigenvalue weighted by atomic mass is 35.5. The average Bonchev–Trinajstić information content (AvgIpc) is 2.95. The summed E-state index contributed by atoms with van der Waals surface area (Å²) in [5, 5.41) is 5.76. The van der Waals surface area contributed by atoms with Gasteiger partial charge in [0.25, 0.3) is 5.56 Å². The molecular formula is C17H11ClN4O. The zero-order valence-electron chi connectivity index (χ0n) is 11.9. The molecule has 23 heavy (non-hydrogen) atoms. The van der Waals surface area contributed by atoms with Gasteiger partial charge in [-0.2, -0.15) is 9.78 Å². The Hall–Kier alpha value is -2.92. The zero-order valence-corrected chi connectivity index (χ0v) is 12.7. The molecular weight excluding hydrogens is 312 g/mol. The summed E-state index contributed by atoms with van der Waals surface area (Å²) in [6.45, 7) is 0. The van der Waals surface area contributed by atoms with Crippen molar-refractivity contribution in [1.29, 1.82) is 0 Å². The second-order valence-electron chi connectivity index (χ2n) is 5.08. The van der Waals surface area contributed by atoms with Crippen LogP contribution in [0.5, 0.6) is 0 Å². The van der Waals surface area contributed by atoms with E-state index in [-0.39, 0.29) is 5.56 Å². The summed E-state index contributed by atoms with van der Waals surface area (Å²) in [6.07, 6.45) is 3.02. The summed E-state index contributed by atoms with van der Waals surface area (Å²) in [4.78, 5) is 20.0. The van der Waals surface area contributed by atoms with E-state index in [1.807, 2.05) is 36.4 Å². The lowest BCUT2D eigenvalue weighted by Gasteiger charge is -1.98. The van der Waals surface area contributed by atoms with Gasteiger partial charge in [0.05, 0.1) is 6.21 Å². The first kappa shape index (κ1) is 13.7. The average molecular weight is 323 g/mol. The highest BCUT2D eigenvalue weighted by Gasteiger charge is 2.09. The van der Waals surface area contributed by atoms with E-state index in [1.54, 1.807) is 18.3 Å². The standard InChI is InChI=1S/C17H11ClN4O/c18-12-7-5-11(6-8-12)9-20-22-10-19-15-13-3-1-2-4-14(13)21-16(15)17(22)23/h1-10,21H/b20-9+. The summed E-state index contributed by atoms with van der Waals surface area (Å²) in [5.74, 6) is 0. The molecule has 0 aliphatic carbocycles. The van der Waals surface area contributed by atoms with Crippen LogP contribution in [-0.4, -0.2) is 20.9 Å². The molecule has 0 amide bonds. The normalized spacial score (nSPS) is 11.7. The minimum Gasteiger partial charge on any atom is -0.349 e. The molecule has 0 saturated carbocycles. The number of nitrogens with one attached hydrogen (secondary N) is 1. The van der Waals surface area contributed by atoms with Crippen LogP contribution >= 0.6 is 11.6 Å². The van der Waals surface area contributed by atoms with Crippen molar-refractivity contribution in [3.63, 3.8) is 0 Å². The van der Waals surface area contributed by atoms with E-state index in [4.69, 9.17) is 11.6 Å². The molecule has 0 aliphatic heterocycles. The van der Waals surface area contributed by atoms with E-state index in [9.17, 15) is 4.79 Å². The van der Waals surface area contributed by atoms with Crippen LogP contribution in [0.15, 0.2) is 64.8 Å². The Bertz CT molecular complexity index is 1090. The van der Waals surface area contributed by atoms with Crippen LogP contribution in [0.1, 0.15) is 5.56 Å². The van der Waals surface area contributed by atoms with Crippen molar-refractivity contribution in [2.75, 3.05) is 0 Å². The minimum absolute atomic E-state index is 0.239. The second-order valence-corrected chi connectivity index (χ2v) is 5.52. The maximum atomic E-state index is 12.5. The summed E-state index contributed by atoms with van der Waals surface area (Å²) in [7, 11) is 0. The smallest absolute Gasteiger partial charge is 0.298 e. The Morgan fingerprint density at radius 2 is 1.91 bits per heavy atom. The molecule has 4 aromatic rings. The minimum atomic E-state index is -0.239. The van der Waals surface area contributed by atoms with Crippen LogP contribution < -0.4 is 5.56 Å². The number of hydrogen-bond donors (Lipinski definition) is 1. The van der Waals surface area contributed by atoms with Crippen LogP contribution in [0.2, 0.25) is 5.02 Å². The lowest BCUT2D eigenvalue weighted by atomic mass is 10.2. The monoisotopic (exact) mass is 322 g/mol. The van der Waals surface area contributed by atoms with Gasteiger partial charge in [0.2, 0.25) is 0 Å². The molecule has 4 rings (SSSR count). The van der Waals surface area contributed by atoms with Gasteiger partial charge >= 0.3 is 0 Å². The van der Waals surface area contributed by atoms with Gasteiger partial charge < -0.3 is 4.98 Å². The Morgan fingerprint density at radius 3 is 2.74 bits per heavy atom. The van der Waals surface area contributed by atoms with Crippen molar-refractivity contribution in [3.05, 3.63) is 75.8 Å². The van der Waals surface area contributed by atoms with E-state index < -0.39 is 0 Å². The van der Waals surface area contributed by atoms with Crippen molar-refractivity contribution >= 4 is 39.8 Å². The van der Waals surface area contributed by atoms with Crippen LogP contribution in [-0.2, 0) is 0 Å². The lowest BCUT2D eigenvalue weighted by molar-refractivity contribution is 0.815. The second kappa shape index (κ2) is 5.37. The first-order valence-electron chi connectivity index (χ1n) is 7.00. The van der Waals surface area contributed by atoms with Gasteiger partial charge in [0.15, 0.2) is 0 Å². The molecule has 0 spiro atoms. The molecule has 1 N–H and O–H groups in total. The molecule has 0 radical (unpaired) electrons. The van der Waals surface area contributed by atoms with Gasteiger partial charge in [-0.3, -0.25) is 4.79 Å². The van der Waals surface area contributed by atoms with Gasteiger partial charge in [-0.1, -0.05) is 41.9 Å². The predicted molar refractivity (Wildman–Crippen MR) is 92.3 cm³/mol. The molecule has 0 bridgehead atoms.